The van der Waals surface area contributed by atoms with E-state index in [1.165, 1.54) is 18.7 Å². The van der Waals surface area contributed by atoms with Gasteiger partial charge in [-0.1, -0.05) is 0 Å². The van der Waals surface area contributed by atoms with Crippen molar-refractivity contribution in [2.75, 3.05) is 12.3 Å². The minimum Gasteiger partial charge on any atom is -0.396 e. The van der Waals surface area contributed by atoms with E-state index in [2.05, 4.69) is 15.0 Å². The Morgan fingerprint density at radius 3 is 2.86 bits per heavy atom. The number of nitrogens with zero attached hydrogens (tertiary/aromatic N) is 4. The number of hydrogen-bond donors (Lipinski definition) is 4. The molecule has 1 saturated heterocycles. The molecule has 0 amide bonds. The van der Waals surface area contributed by atoms with Gasteiger partial charge in [0.25, 0.3) is 0 Å². The van der Waals surface area contributed by atoms with Crippen molar-refractivity contribution < 1.29 is 24.2 Å². The van der Waals surface area contributed by atoms with E-state index in [1.807, 2.05) is 0 Å². The molecule has 3 atom stereocenters. The highest BCUT2D eigenvalue weighted by molar-refractivity contribution is 7.55. The number of imidazole rings is 1. The average Bonchev–Trinajstić information content (AvgIpc) is 2.82. The van der Waals surface area contributed by atoms with E-state index < -0.39 is 19.9 Å². The molecule has 118 valence electrons. The van der Waals surface area contributed by atoms with Crippen LogP contribution in [-0.4, -0.2) is 47.1 Å². The van der Waals surface area contributed by atoms with Crippen molar-refractivity contribution in [3.63, 3.8) is 0 Å². The van der Waals surface area contributed by atoms with Crippen LogP contribution in [0.5, 0.6) is 0 Å². The highest BCUT2D eigenvalue weighted by atomic mass is 31.2. The van der Waals surface area contributed by atoms with Crippen LogP contribution in [0.1, 0.15) is 6.23 Å². The number of ether oxygens (including phenoxy) is 1. The van der Waals surface area contributed by atoms with E-state index in [9.17, 15) is 9.67 Å². The molecule has 0 aliphatic carbocycles. The molecule has 1 aliphatic heterocycles. The Kier molecular flexibility index (Phi) is 3.71. The van der Waals surface area contributed by atoms with E-state index in [1.54, 1.807) is 4.57 Å². The molecule has 0 aromatic carbocycles. The highest BCUT2D eigenvalue weighted by Crippen LogP contribution is 2.42. The molecule has 1 aliphatic rings. The second-order valence-corrected chi connectivity index (χ2v) is 6.33. The van der Waals surface area contributed by atoms with Crippen LogP contribution in [0.4, 0.5) is 5.82 Å². The SMILES string of the molecule is Nc1ncnc2c1ncn2C1OC(/C=C/P(=O)(O)O)C1CO. The monoisotopic (exact) mass is 327 g/mol. The van der Waals surface area contributed by atoms with Gasteiger partial charge >= 0.3 is 7.60 Å². The first-order chi connectivity index (χ1) is 10.4. The van der Waals surface area contributed by atoms with Crippen molar-refractivity contribution in [1.29, 1.82) is 0 Å². The standard InChI is InChI=1S/C11H14N5O5P/c12-9-8-10(14-4-13-9)16(5-15-8)11-6(3-17)7(21-11)1-2-22(18,19)20/h1-2,4-7,11,17H,3H2,(H2,12,13,14)(H2,18,19,20)/b2-1+. The Labute approximate surface area is 124 Å². The van der Waals surface area contributed by atoms with Gasteiger partial charge in [-0.25, -0.2) is 15.0 Å². The minimum atomic E-state index is -4.26. The fraction of sp³-hybridized carbons (Fsp3) is 0.364. The quantitative estimate of drug-likeness (QED) is 0.549. The normalized spacial score (nSPS) is 25.7. The molecule has 2 aromatic heterocycles. The van der Waals surface area contributed by atoms with Gasteiger partial charge in [0.05, 0.1) is 25.0 Å². The maximum absolute atomic E-state index is 10.8. The summed E-state index contributed by atoms with van der Waals surface area (Å²) < 4.78 is 18.0. The summed E-state index contributed by atoms with van der Waals surface area (Å²) in [7, 11) is -4.26. The van der Waals surface area contributed by atoms with E-state index in [4.69, 9.17) is 20.3 Å². The number of anilines is 1. The van der Waals surface area contributed by atoms with Crippen molar-refractivity contribution in [3.05, 3.63) is 24.5 Å². The third-order valence-electron chi connectivity index (χ3n) is 3.43. The Bertz CT molecular complexity index is 771. The average molecular weight is 327 g/mol. The minimum absolute atomic E-state index is 0.221. The van der Waals surface area contributed by atoms with Crippen LogP contribution in [0.2, 0.25) is 0 Å². The molecule has 0 spiro atoms. The maximum Gasteiger partial charge on any atom is 0.348 e. The van der Waals surface area contributed by atoms with Crippen molar-refractivity contribution in [1.82, 2.24) is 19.5 Å². The predicted octanol–water partition coefficient (Wildman–Crippen LogP) is -0.394. The summed E-state index contributed by atoms with van der Waals surface area (Å²) in [6.07, 6.45) is 2.88. The third kappa shape index (κ3) is 2.62. The Hall–Kier alpha value is -1.84. The summed E-state index contributed by atoms with van der Waals surface area (Å²) in [6, 6.07) is 0. The van der Waals surface area contributed by atoms with Gasteiger partial charge in [-0.15, -0.1) is 0 Å². The molecule has 3 heterocycles. The van der Waals surface area contributed by atoms with E-state index >= 15 is 0 Å². The van der Waals surface area contributed by atoms with Gasteiger partial charge in [0, 0.05) is 5.82 Å². The van der Waals surface area contributed by atoms with E-state index in [0.717, 1.165) is 5.82 Å². The summed E-state index contributed by atoms with van der Waals surface area (Å²) in [6.45, 7) is -0.221. The largest absolute Gasteiger partial charge is 0.396 e. The zero-order valence-electron chi connectivity index (χ0n) is 11.2. The molecule has 3 rings (SSSR count). The smallest absolute Gasteiger partial charge is 0.348 e. The summed E-state index contributed by atoms with van der Waals surface area (Å²) >= 11 is 0. The van der Waals surface area contributed by atoms with Crippen molar-refractivity contribution >= 4 is 24.6 Å². The summed E-state index contributed by atoms with van der Waals surface area (Å²) in [5, 5.41) is 9.48. The molecule has 2 aromatic rings. The molecule has 1 fully saturated rings. The van der Waals surface area contributed by atoms with Gasteiger partial charge in [0.1, 0.15) is 18.1 Å². The van der Waals surface area contributed by atoms with Crippen LogP contribution in [0, 0.1) is 5.92 Å². The number of hydrogen-bond acceptors (Lipinski definition) is 7. The van der Waals surface area contributed by atoms with Crippen molar-refractivity contribution in [3.8, 4) is 0 Å². The van der Waals surface area contributed by atoms with Gasteiger partial charge < -0.3 is 25.4 Å². The van der Waals surface area contributed by atoms with Crippen molar-refractivity contribution in [2.24, 2.45) is 5.92 Å². The zero-order valence-corrected chi connectivity index (χ0v) is 12.1. The van der Waals surface area contributed by atoms with Crippen LogP contribution in [-0.2, 0) is 9.30 Å². The molecular formula is C11H14N5O5P. The van der Waals surface area contributed by atoms with Crippen LogP contribution in [0.15, 0.2) is 24.5 Å². The molecular weight excluding hydrogens is 313 g/mol. The third-order valence-corrected chi connectivity index (χ3v) is 3.99. The lowest BCUT2D eigenvalue weighted by Gasteiger charge is -2.42. The molecule has 5 N–H and O–H groups in total. The van der Waals surface area contributed by atoms with Crippen LogP contribution < -0.4 is 5.73 Å². The number of fused-ring (bicyclic) bond motifs is 1. The lowest BCUT2D eigenvalue weighted by molar-refractivity contribution is -0.211. The molecule has 0 radical (unpaired) electrons. The van der Waals surface area contributed by atoms with Gasteiger partial charge in [-0.05, 0) is 6.08 Å². The maximum atomic E-state index is 10.8. The fourth-order valence-corrected chi connectivity index (χ4v) is 2.74. The Morgan fingerprint density at radius 1 is 1.41 bits per heavy atom. The first-order valence-electron chi connectivity index (χ1n) is 6.34. The molecule has 11 heteroatoms. The number of nitrogen functional groups attached to an aromatic ring is 1. The Balaban J connectivity index is 1.86. The first-order valence-corrected chi connectivity index (χ1v) is 8.03. The van der Waals surface area contributed by atoms with Gasteiger partial charge in [-0.2, -0.15) is 0 Å². The number of aromatic nitrogens is 4. The zero-order chi connectivity index (χ0) is 15.9. The van der Waals surface area contributed by atoms with E-state index in [-0.39, 0.29) is 18.3 Å². The van der Waals surface area contributed by atoms with Crippen molar-refractivity contribution in [2.45, 2.75) is 12.3 Å². The molecule has 10 nitrogen and oxygen atoms in total. The van der Waals surface area contributed by atoms with E-state index in [0.29, 0.717) is 11.2 Å². The predicted molar refractivity (Wildman–Crippen MR) is 75.4 cm³/mol. The van der Waals surface area contributed by atoms with Crippen LogP contribution in [0.25, 0.3) is 11.2 Å². The van der Waals surface area contributed by atoms with Crippen LogP contribution >= 0.6 is 7.60 Å². The number of aliphatic hydroxyl groups is 1. The second kappa shape index (κ2) is 5.41. The van der Waals surface area contributed by atoms with Gasteiger partial charge in [0.15, 0.2) is 11.5 Å². The van der Waals surface area contributed by atoms with Gasteiger partial charge in [-0.3, -0.25) is 9.13 Å². The van der Waals surface area contributed by atoms with Crippen LogP contribution in [0.3, 0.4) is 0 Å². The lowest BCUT2D eigenvalue weighted by atomic mass is 9.95. The summed E-state index contributed by atoms with van der Waals surface area (Å²) in [4.78, 5) is 29.7. The number of nitrogens with two attached hydrogens (primary N) is 1. The number of aliphatic hydroxyl groups excluding tert-OH is 1. The fourth-order valence-electron chi connectivity index (χ4n) is 2.34. The topological polar surface area (TPSA) is 157 Å². The molecule has 0 bridgehead atoms. The lowest BCUT2D eigenvalue weighted by Crippen LogP contribution is -2.46. The molecule has 3 unspecified atom stereocenters. The molecule has 0 saturated carbocycles. The Morgan fingerprint density at radius 2 is 2.18 bits per heavy atom. The summed E-state index contributed by atoms with van der Waals surface area (Å²) in [5.74, 6) is 0.626. The summed E-state index contributed by atoms with van der Waals surface area (Å²) in [5.41, 5.74) is 6.60. The highest BCUT2D eigenvalue weighted by Gasteiger charge is 2.42. The molecule has 22 heavy (non-hydrogen) atoms. The first kappa shape index (κ1) is 15.1. The van der Waals surface area contributed by atoms with Gasteiger partial charge in [0.2, 0.25) is 0 Å². The number of rotatable bonds is 4. The second-order valence-electron chi connectivity index (χ2n) is 4.85.